The van der Waals surface area contributed by atoms with Crippen LogP contribution in [-0.2, 0) is 17.5 Å². The predicted molar refractivity (Wildman–Crippen MR) is 97.5 cm³/mol. The van der Waals surface area contributed by atoms with Crippen molar-refractivity contribution >= 4 is 17.3 Å². The van der Waals surface area contributed by atoms with E-state index < -0.39 is 11.7 Å². The maximum absolute atomic E-state index is 12.6. The number of hydrogen-bond donors (Lipinski definition) is 2. The van der Waals surface area contributed by atoms with E-state index in [1.54, 1.807) is 12.1 Å². The third-order valence-electron chi connectivity index (χ3n) is 4.01. The van der Waals surface area contributed by atoms with E-state index in [4.69, 9.17) is 4.52 Å². The number of rotatable bonds is 5. The van der Waals surface area contributed by atoms with Gasteiger partial charge >= 0.3 is 6.18 Å². The van der Waals surface area contributed by atoms with Crippen molar-refractivity contribution in [2.24, 2.45) is 0 Å². The highest BCUT2D eigenvalue weighted by Gasteiger charge is 2.30. The predicted octanol–water partition coefficient (Wildman–Crippen LogP) is 4.63. The van der Waals surface area contributed by atoms with Crippen LogP contribution in [0.5, 0.6) is 0 Å². The molecule has 3 aromatic rings. The maximum atomic E-state index is 12.6. The molecule has 2 N–H and O–H groups in total. The fourth-order valence-electron chi connectivity index (χ4n) is 2.58. The first kappa shape index (κ1) is 19.4. The Morgan fingerprint density at radius 1 is 1.11 bits per heavy atom. The molecule has 1 amide bonds. The number of nitrogens with one attached hydrogen (secondary N) is 2. The zero-order valence-electron chi connectivity index (χ0n) is 15.1. The lowest BCUT2D eigenvalue weighted by atomic mass is 10.1. The number of alkyl halides is 3. The summed E-state index contributed by atoms with van der Waals surface area (Å²) in [5.74, 6) is 0.312. The van der Waals surface area contributed by atoms with Crippen molar-refractivity contribution in [3.63, 3.8) is 0 Å². The topological polar surface area (TPSA) is 80.0 Å². The molecule has 1 aromatic heterocycles. The Morgan fingerprint density at radius 3 is 2.43 bits per heavy atom. The Bertz CT molecular complexity index is 982. The van der Waals surface area contributed by atoms with Crippen LogP contribution >= 0.6 is 0 Å². The summed E-state index contributed by atoms with van der Waals surface area (Å²) < 4.78 is 43.1. The van der Waals surface area contributed by atoms with E-state index in [-0.39, 0.29) is 24.2 Å². The van der Waals surface area contributed by atoms with Crippen LogP contribution in [0, 0.1) is 6.92 Å². The van der Waals surface area contributed by atoms with E-state index in [0.29, 0.717) is 11.3 Å². The van der Waals surface area contributed by atoms with E-state index in [1.165, 1.54) is 19.1 Å². The summed E-state index contributed by atoms with van der Waals surface area (Å²) >= 11 is 0. The van der Waals surface area contributed by atoms with Crippen LogP contribution in [0.2, 0.25) is 0 Å². The number of anilines is 2. The number of carbonyl (C=O) groups excluding carboxylic acids is 1. The van der Waals surface area contributed by atoms with E-state index in [0.717, 1.165) is 23.4 Å². The first-order valence-electron chi connectivity index (χ1n) is 8.35. The Kier molecular flexibility index (Phi) is 5.34. The van der Waals surface area contributed by atoms with E-state index >= 15 is 0 Å². The van der Waals surface area contributed by atoms with E-state index in [2.05, 4.69) is 20.8 Å². The normalized spacial score (nSPS) is 11.3. The minimum Gasteiger partial charge on any atom is -0.376 e. The van der Waals surface area contributed by atoms with Crippen LogP contribution in [0.25, 0.3) is 11.4 Å². The second kappa shape index (κ2) is 7.71. The number of aromatic nitrogens is 2. The maximum Gasteiger partial charge on any atom is 0.416 e. The third kappa shape index (κ3) is 4.48. The van der Waals surface area contributed by atoms with Crippen LogP contribution in [0.4, 0.5) is 24.5 Å². The molecular formula is C19H17F3N4O2. The lowest BCUT2D eigenvalue weighted by Gasteiger charge is -2.12. The molecule has 0 bridgehead atoms. The summed E-state index contributed by atoms with van der Waals surface area (Å²) in [5.41, 5.74) is 2.00. The first-order chi connectivity index (χ1) is 13.2. The van der Waals surface area contributed by atoms with Gasteiger partial charge in [-0.1, -0.05) is 23.4 Å². The van der Waals surface area contributed by atoms with Gasteiger partial charge in [0.1, 0.15) is 0 Å². The quantitative estimate of drug-likeness (QED) is 0.664. The molecule has 0 spiro atoms. The highest BCUT2D eigenvalue weighted by Crippen LogP contribution is 2.30. The van der Waals surface area contributed by atoms with Crippen LogP contribution in [0.3, 0.4) is 0 Å². The van der Waals surface area contributed by atoms with Gasteiger partial charge in [-0.3, -0.25) is 4.79 Å². The molecule has 9 heteroatoms. The monoisotopic (exact) mass is 390 g/mol. The second-order valence-electron chi connectivity index (χ2n) is 6.10. The average molecular weight is 390 g/mol. The molecular weight excluding hydrogens is 373 g/mol. The average Bonchev–Trinajstić information content (AvgIpc) is 3.10. The molecule has 0 aliphatic heterocycles. The molecule has 0 radical (unpaired) electrons. The summed E-state index contributed by atoms with van der Waals surface area (Å²) in [6.07, 6.45) is -4.39. The minimum atomic E-state index is -4.39. The summed E-state index contributed by atoms with van der Waals surface area (Å²) in [5, 5.41) is 9.69. The zero-order valence-corrected chi connectivity index (χ0v) is 15.1. The van der Waals surface area contributed by atoms with Gasteiger partial charge in [-0.05, 0) is 36.8 Å². The van der Waals surface area contributed by atoms with Crippen LogP contribution in [0.15, 0.2) is 47.0 Å². The van der Waals surface area contributed by atoms with Crippen molar-refractivity contribution in [1.82, 2.24) is 10.1 Å². The van der Waals surface area contributed by atoms with Gasteiger partial charge in [0.25, 0.3) is 0 Å². The van der Waals surface area contributed by atoms with Crippen LogP contribution < -0.4 is 10.6 Å². The van der Waals surface area contributed by atoms with E-state index in [1.807, 2.05) is 13.0 Å². The Hall–Kier alpha value is -3.36. The standard InChI is InChI=1S/C19H17F3N4O2/c1-11-15(4-3-5-16(11)24-12(2)27)23-10-17-25-18(26-28-17)13-6-8-14(9-7-13)19(20,21)22/h3-9,23H,10H2,1-2H3,(H,24,27). The summed E-state index contributed by atoms with van der Waals surface area (Å²) in [4.78, 5) is 15.4. The molecule has 0 saturated heterocycles. The highest BCUT2D eigenvalue weighted by atomic mass is 19.4. The van der Waals surface area contributed by atoms with Crippen molar-refractivity contribution in [3.05, 3.63) is 59.5 Å². The fourth-order valence-corrected chi connectivity index (χ4v) is 2.58. The molecule has 146 valence electrons. The van der Waals surface area contributed by atoms with E-state index in [9.17, 15) is 18.0 Å². The molecule has 28 heavy (non-hydrogen) atoms. The zero-order chi connectivity index (χ0) is 20.3. The number of carbonyl (C=O) groups is 1. The largest absolute Gasteiger partial charge is 0.416 e. The van der Waals surface area contributed by atoms with Gasteiger partial charge in [0, 0.05) is 23.9 Å². The SMILES string of the molecule is CC(=O)Nc1cccc(NCc2nc(-c3ccc(C(F)(F)F)cc3)no2)c1C. The third-order valence-corrected chi connectivity index (χ3v) is 4.01. The lowest BCUT2D eigenvalue weighted by molar-refractivity contribution is -0.137. The molecule has 3 rings (SSSR count). The van der Waals surface area contributed by atoms with Crippen molar-refractivity contribution in [2.45, 2.75) is 26.6 Å². The van der Waals surface area contributed by atoms with Crippen molar-refractivity contribution < 1.29 is 22.5 Å². The summed E-state index contributed by atoms with van der Waals surface area (Å²) in [6, 6.07) is 9.96. The lowest BCUT2D eigenvalue weighted by Crippen LogP contribution is -2.09. The van der Waals surface area contributed by atoms with Crippen molar-refractivity contribution in [1.29, 1.82) is 0 Å². The summed E-state index contributed by atoms with van der Waals surface area (Å²) in [7, 11) is 0. The van der Waals surface area contributed by atoms with Gasteiger partial charge in [0.05, 0.1) is 12.1 Å². The van der Waals surface area contributed by atoms with Gasteiger partial charge in [-0.15, -0.1) is 0 Å². The number of nitrogens with zero attached hydrogens (tertiary/aromatic N) is 2. The molecule has 0 aliphatic carbocycles. The van der Waals surface area contributed by atoms with Gasteiger partial charge < -0.3 is 15.2 Å². The first-order valence-corrected chi connectivity index (χ1v) is 8.35. The van der Waals surface area contributed by atoms with Gasteiger partial charge in [0.15, 0.2) is 0 Å². The minimum absolute atomic E-state index is 0.168. The second-order valence-corrected chi connectivity index (χ2v) is 6.10. The van der Waals surface area contributed by atoms with Crippen molar-refractivity contribution in [2.75, 3.05) is 10.6 Å². The Morgan fingerprint density at radius 2 is 1.79 bits per heavy atom. The summed E-state index contributed by atoms with van der Waals surface area (Å²) in [6.45, 7) is 3.51. The fraction of sp³-hybridized carbons (Fsp3) is 0.211. The Labute approximate surface area is 158 Å². The molecule has 0 aliphatic rings. The molecule has 1 heterocycles. The van der Waals surface area contributed by atoms with Crippen LogP contribution in [-0.4, -0.2) is 16.0 Å². The van der Waals surface area contributed by atoms with Crippen LogP contribution in [0.1, 0.15) is 23.9 Å². The van der Waals surface area contributed by atoms with Gasteiger partial charge in [-0.25, -0.2) is 0 Å². The molecule has 0 unspecified atom stereocenters. The number of halogens is 3. The number of amides is 1. The van der Waals surface area contributed by atoms with Gasteiger partial charge in [0.2, 0.25) is 17.6 Å². The smallest absolute Gasteiger partial charge is 0.376 e. The van der Waals surface area contributed by atoms with Gasteiger partial charge in [-0.2, -0.15) is 18.2 Å². The molecule has 0 fully saturated rings. The van der Waals surface area contributed by atoms with Crippen molar-refractivity contribution in [3.8, 4) is 11.4 Å². The number of benzene rings is 2. The molecule has 6 nitrogen and oxygen atoms in total. The number of hydrogen-bond acceptors (Lipinski definition) is 5. The Balaban J connectivity index is 1.69. The molecule has 0 saturated carbocycles. The molecule has 2 aromatic carbocycles. The molecule has 0 atom stereocenters. The highest BCUT2D eigenvalue weighted by molar-refractivity contribution is 5.90.